The molecule has 81 heavy (non-hydrogen) atoms. The van der Waals surface area contributed by atoms with Gasteiger partial charge in [0.05, 0.1) is 120 Å². The average Bonchev–Trinajstić information content (AvgIpc) is 4.05. The van der Waals surface area contributed by atoms with Crippen LogP contribution in [0.2, 0.25) is 0 Å². The highest BCUT2D eigenvalue weighted by Crippen LogP contribution is 2.36. The van der Waals surface area contributed by atoms with Crippen LogP contribution in [0.25, 0.3) is 11.1 Å². The monoisotopic (exact) mass is 1130 g/mol. The summed E-state index contributed by atoms with van der Waals surface area (Å²) in [5.74, 6) is -3.11. The minimum absolute atomic E-state index is 0.00891. The van der Waals surface area contributed by atoms with Crippen LogP contribution in [-0.4, -0.2) is 164 Å². The van der Waals surface area contributed by atoms with Crippen LogP contribution in [0.15, 0.2) is 73.2 Å². The number of aromatic nitrogens is 5. The quantitative estimate of drug-likeness (QED) is 0.0383. The number of nitrogens with one attached hydrogen (secondary N) is 3. The molecule has 432 valence electrons. The van der Waals surface area contributed by atoms with Crippen molar-refractivity contribution in [1.82, 2.24) is 35.2 Å². The summed E-state index contributed by atoms with van der Waals surface area (Å²) in [6.07, 6.45) is 2.57. The van der Waals surface area contributed by atoms with Crippen LogP contribution in [-0.2, 0) is 62.1 Å². The van der Waals surface area contributed by atoms with Gasteiger partial charge in [0.2, 0.25) is 23.6 Å². The number of anilines is 3. The van der Waals surface area contributed by atoms with Gasteiger partial charge in [0.1, 0.15) is 24.0 Å². The van der Waals surface area contributed by atoms with Crippen molar-refractivity contribution in [1.29, 1.82) is 0 Å². The summed E-state index contributed by atoms with van der Waals surface area (Å²) in [5, 5.41) is 15.9. The number of halogens is 3. The molecule has 3 N–H and O–H groups in total. The maximum Gasteiger partial charge on any atom is 0.416 e. The molecule has 3 aliphatic heterocycles. The summed E-state index contributed by atoms with van der Waals surface area (Å²) in [5.41, 5.74) is 2.99. The molecule has 6 heterocycles. The summed E-state index contributed by atoms with van der Waals surface area (Å²) >= 11 is 0. The van der Waals surface area contributed by atoms with Gasteiger partial charge in [-0.3, -0.25) is 48.6 Å². The first-order valence-electron chi connectivity index (χ1n) is 26.6. The third-order valence-electron chi connectivity index (χ3n) is 13.1. The van der Waals surface area contributed by atoms with Gasteiger partial charge in [0.25, 0.3) is 17.7 Å². The van der Waals surface area contributed by atoms with Crippen LogP contribution in [0.3, 0.4) is 0 Å². The maximum absolute atomic E-state index is 13.3. The van der Waals surface area contributed by atoms with E-state index < -0.39 is 47.3 Å². The number of unbranched alkanes of at least 4 members (excludes halogenated alkanes) is 2. The number of alkyl halides is 3. The molecule has 23 nitrogen and oxygen atoms in total. The Bertz CT molecular complexity index is 3010. The number of hydrogen-bond acceptors (Lipinski definition) is 18. The number of hydrogen-bond donors (Lipinski definition) is 3. The van der Waals surface area contributed by atoms with E-state index in [2.05, 4.69) is 41.1 Å². The number of carbonyl (C=O) groups is 6. The lowest BCUT2D eigenvalue weighted by Crippen LogP contribution is -2.54. The van der Waals surface area contributed by atoms with Crippen molar-refractivity contribution in [3.05, 3.63) is 107 Å². The normalized spacial score (nSPS) is 15.5. The summed E-state index contributed by atoms with van der Waals surface area (Å²) < 4.78 is 81.4. The third kappa shape index (κ3) is 16.7. The van der Waals surface area contributed by atoms with Crippen molar-refractivity contribution in [2.24, 2.45) is 0 Å². The third-order valence-corrected chi connectivity index (χ3v) is 13.1. The van der Waals surface area contributed by atoms with E-state index in [1.807, 2.05) is 13.0 Å². The van der Waals surface area contributed by atoms with Crippen molar-refractivity contribution in [3.8, 4) is 17.0 Å². The number of pyridine rings is 2. The SMILES string of the molecule is Cc1ncc(NC(=O)c2cccc(C(F)(F)F)c2)cc1-c1cnc(OCCOCCOCCOCCOCCOCc2cn(CCCCCC(=O)Nc3cccc4c3C(=O)N(C3CCC(=O)NC3=O)C4=O)nn2)c(N2CCOCC2)c1. The van der Waals surface area contributed by atoms with Crippen molar-refractivity contribution in [2.45, 2.75) is 70.8 Å². The predicted octanol–water partition coefficient (Wildman–Crippen LogP) is 5.41. The van der Waals surface area contributed by atoms with E-state index in [1.54, 1.807) is 29.2 Å². The largest absolute Gasteiger partial charge is 0.474 e. The number of morpholine rings is 1. The number of ether oxygens (including phenoxy) is 7. The van der Waals surface area contributed by atoms with Gasteiger partial charge in [0, 0.05) is 61.1 Å². The fourth-order valence-electron chi connectivity index (χ4n) is 9.00. The number of carbonyl (C=O) groups excluding carboxylic acids is 6. The van der Waals surface area contributed by atoms with Crippen LogP contribution in [0.4, 0.5) is 30.2 Å². The Hall–Kier alpha value is -7.75. The van der Waals surface area contributed by atoms with Gasteiger partial charge in [0.15, 0.2) is 0 Å². The minimum atomic E-state index is -4.59. The number of nitrogens with zero attached hydrogens (tertiary/aromatic N) is 7. The minimum Gasteiger partial charge on any atom is -0.474 e. The Labute approximate surface area is 464 Å². The molecular weight excluding hydrogens is 1070 g/mol. The number of benzene rings is 2. The highest BCUT2D eigenvalue weighted by atomic mass is 19.4. The molecule has 2 fully saturated rings. The molecule has 1 atom stereocenters. The van der Waals surface area contributed by atoms with Crippen molar-refractivity contribution in [2.75, 3.05) is 108 Å². The summed E-state index contributed by atoms with van der Waals surface area (Å²) in [4.78, 5) is 88.2. The van der Waals surface area contributed by atoms with Crippen LogP contribution in [0.1, 0.15) is 86.6 Å². The molecule has 26 heteroatoms. The highest BCUT2D eigenvalue weighted by molar-refractivity contribution is 6.26. The van der Waals surface area contributed by atoms with E-state index in [9.17, 15) is 41.9 Å². The van der Waals surface area contributed by atoms with E-state index in [4.69, 9.17) is 33.2 Å². The van der Waals surface area contributed by atoms with E-state index in [1.165, 1.54) is 30.5 Å². The summed E-state index contributed by atoms with van der Waals surface area (Å²) in [6, 6.07) is 11.3. The first kappa shape index (κ1) is 59.4. The van der Waals surface area contributed by atoms with Gasteiger partial charge in [-0.25, -0.2) is 4.98 Å². The number of fused-ring (bicyclic) bond motifs is 1. The van der Waals surface area contributed by atoms with E-state index >= 15 is 0 Å². The fraction of sp³-hybridized carbons (Fsp3) is 0.455. The summed E-state index contributed by atoms with van der Waals surface area (Å²) in [7, 11) is 0. The zero-order valence-electron chi connectivity index (χ0n) is 44.6. The molecule has 2 saturated heterocycles. The van der Waals surface area contributed by atoms with Crippen molar-refractivity contribution < 1.29 is 75.1 Å². The Morgan fingerprint density at radius 1 is 0.778 bits per heavy atom. The number of imide groups is 2. The van der Waals surface area contributed by atoms with E-state index in [0.29, 0.717) is 126 Å². The van der Waals surface area contributed by atoms with Gasteiger partial charge >= 0.3 is 6.18 Å². The van der Waals surface area contributed by atoms with Crippen LogP contribution in [0, 0.1) is 6.92 Å². The number of aryl methyl sites for hydroxylation is 2. The van der Waals surface area contributed by atoms with E-state index in [0.717, 1.165) is 35.6 Å². The first-order valence-corrected chi connectivity index (χ1v) is 26.6. The van der Waals surface area contributed by atoms with Gasteiger partial charge < -0.3 is 48.7 Å². The predicted molar refractivity (Wildman–Crippen MR) is 283 cm³/mol. The lowest BCUT2D eigenvalue weighted by molar-refractivity contribution is -0.138. The second-order valence-corrected chi connectivity index (χ2v) is 18.9. The highest BCUT2D eigenvalue weighted by Gasteiger charge is 2.46. The molecule has 3 aromatic heterocycles. The van der Waals surface area contributed by atoms with Crippen molar-refractivity contribution in [3.63, 3.8) is 0 Å². The zero-order chi connectivity index (χ0) is 57.1. The second kappa shape index (κ2) is 29.1. The lowest BCUT2D eigenvalue weighted by atomic mass is 10.0. The molecule has 6 amide bonds. The smallest absolute Gasteiger partial charge is 0.416 e. The molecule has 2 aromatic carbocycles. The van der Waals surface area contributed by atoms with Gasteiger partial charge in [-0.2, -0.15) is 13.2 Å². The molecular formula is C55H63F3N10O13. The molecule has 0 aliphatic carbocycles. The van der Waals surface area contributed by atoms with E-state index in [-0.39, 0.29) is 67.4 Å². The Morgan fingerprint density at radius 3 is 2.20 bits per heavy atom. The fourth-order valence-corrected chi connectivity index (χ4v) is 9.00. The standard InChI is InChI=1S/C55H63F3N10O13/c1-36-43(31-40(33-59-36)61-50(71)37-7-5-8-39(29-37)55(56,57)58)38-30-46(66-15-17-75-18-16-66)52(60-32-38)81-28-27-79-24-23-77-20-19-76-21-22-78-25-26-80-35-41-34-67(65-64-41)14-4-2-3-11-47(69)62-44-10-6-9-42-49(44)54(74)68(53(42)73)45-12-13-48(70)63-51(45)72/h5-10,29-34,45H,2-4,11-28,35H2,1H3,(H,61,71)(H,62,69)(H,63,70,72). The number of amides is 6. The molecule has 3 aliphatic rings. The summed E-state index contributed by atoms with van der Waals surface area (Å²) in [6.45, 7) is 8.39. The molecule has 0 bridgehead atoms. The molecule has 0 saturated carbocycles. The molecule has 1 unspecified atom stereocenters. The van der Waals surface area contributed by atoms with Crippen LogP contribution < -0.4 is 25.6 Å². The molecule has 0 radical (unpaired) electrons. The van der Waals surface area contributed by atoms with Gasteiger partial charge in [-0.1, -0.05) is 23.8 Å². The molecule has 0 spiro atoms. The second-order valence-electron chi connectivity index (χ2n) is 18.9. The Balaban J connectivity index is 0.631. The van der Waals surface area contributed by atoms with Gasteiger partial charge in [-0.05, 0) is 68.7 Å². The van der Waals surface area contributed by atoms with Gasteiger partial charge in [-0.15, -0.1) is 5.10 Å². The molecule has 8 rings (SSSR count). The van der Waals surface area contributed by atoms with Crippen molar-refractivity contribution >= 4 is 52.5 Å². The Kier molecular flexibility index (Phi) is 21.3. The number of rotatable bonds is 30. The first-order chi connectivity index (χ1) is 39.2. The maximum atomic E-state index is 13.3. The lowest BCUT2D eigenvalue weighted by Gasteiger charge is -2.30. The number of piperidine rings is 1. The Morgan fingerprint density at radius 2 is 1.48 bits per heavy atom. The zero-order valence-corrected chi connectivity index (χ0v) is 44.6. The average molecular weight is 1130 g/mol. The topological polar surface area (TPSA) is 266 Å². The van der Waals surface area contributed by atoms with Crippen LogP contribution >= 0.6 is 0 Å². The van der Waals surface area contributed by atoms with Crippen LogP contribution in [0.5, 0.6) is 5.88 Å². The molecule has 5 aromatic rings.